The van der Waals surface area contributed by atoms with Crippen LogP contribution in [0.15, 0.2) is 23.0 Å². The van der Waals surface area contributed by atoms with E-state index in [9.17, 15) is 14.4 Å². The first-order valence-electron chi connectivity index (χ1n) is 7.83. The van der Waals surface area contributed by atoms with Gasteiger partial charge in [-0.15, -0.1) is 0 Å². The molecule has 0 radical (unpaired) electrons. The van der Waals surface area contributed by atoms with Crippen LogP contribution in [0.4, 0.5) is 5.69 Å². The smallest absolute Gasteiger partial charge is 0.280 e. The monoisotopic (exact) mass is 354 g/mol. The number of carbonyl (C=O) groups is 2. The van der Waals surface area contributed by atoms with Gasteiger partial charge in [-0.3, -0.25) is 23.7 Å². The lowest BCUT2D eigenvalue weighted by Crippen LogP contribution is -2.27. The van der Waals surface area contributed by atoms with Gasteiger partial charge >= 0.3 is 0 Å². The summed E-state index contributed by atoms with van der Waals surface area (Å²) in [5.74, 6) is -1.47. The minimum absolute atomic E-state index is 0.0457. The molecule has 0 atom stereocenters. The number of aryl methyl sites for hydroxylation is 4. The number of nitrogens with two attached hydrogens (primary N) is 1. The van der Waals surface area contributed by atoms with Crippen LogP contribution in [0.2, 0.25) is 0 Å². The Bertz CT molecular complexity index is 1130. The van der Waals surface area contributed by atoms with Crippen LogP contribution in [0, 0.1) is 13.8 Å². The molecule has 0 saturated carbocycles. The van der Waals surface area contributed by atoms with Crippen molar-refractivity contribution in [3.63, 3.8) is 0 Å². The number of benzene rings is 1. The van der Waals surface area contributed by atoms with E-state index in [4.69, 9.17) is 5.73 Å². The first-order valence-corrected chi connectivity index (χ1v) is 7.83. The fourth-order valence-electron chi connectivity index (χ4n) is 2.90. The molecular weight excluding hydrogens is 336 g/mol. The Balaban J connectivity index is 2.11. The molecule has 26 heavy (non-hydrogen) atoms. The Kier molecular flexibility index (Phi) is 4.07. The summed E-state index contributed by atoms with van der Waals surface area (Å²) in [5.41, 5.74) is 6.73. The lowest BCUT2D eigenvalue weighted by molar-refractivity contribution is 0.0992. The standard InChI is InChI=1S/C17H18N6O3/c1-8-5-6-11-10(7-8)15(24)13(21-22(11)3)17(26)19-12-9(2)20-23(4)14(12)16(18)25/h5-7H,1-4H3,(H2,18,25)(H,19,26). The van der Waals surface area contributed by atoms with E-state index < -0.39 is 17.2 Å². The first kappa shape index (κ1) is 17.3. The van der Waals surface area contributed by atoms with Gasteiger partial charge in [-0.05, 0) is 26.0 Å². The fraction of sp³-hybridized carbons (Fsp3) is 0.235. The molecule has 2 amide bonds. The zero-order valence-electron chi connectivity index (χ0n) is 14.8. The van der Waals surface area contributed by atoms with Gasteiger partial charge in [-0.1, -0.05) is 11.6 Å². The molecule has 0 unspecified atom stereocenters. The third kappa shape index (κ3) is 2.73. The van der Waals surface area contributed by atoms with Crippen molar-refractivity contribution in [1.29, 1.82) is 0 Å². The average molecular weight is 354 g/mol. The fourth-order valence-corrected chi connectivity index (χ4v) is 2.90. The SMILES string of the molecule is Cc1ccc2c(c1)c(=O)c(C(=O)Nc1c(C)nn(C)c1C(N)=O)nn2C. The van der Waals surface area contributed by atoms with Crippen LogP contribution < -0.4 is 16.5 Å². The van der Waals surface area contributed by atoms with Crippen LogP contribution in [-0.4, -0.2) is 31.4 Å². The number of aromatic nitrogens is 4. The van der Waals surface area contributed by atoms with Crippen molar-refractivity contribution in [3.05, 3.63) is 51.1 Å². The van der Waals surface area contributed by atoms with Gasteiger partial charge in [-0.25, -0.2) is 0 Å². The lowest BCUT2D eigenvalue weighted by Gasteiger charge is -2.09. The van der Waals surface area contributed by atoms with Crippen molar-refractivity contribution in [1.82, 2.24) is 19.6 Å². The van der Waals surface area contributed by atoms with Gasteiger partial charge in [-0.2, -0.15) is 10.2 Å². The van der Waals surface area contributed by atoms with E-state index in [0.717, 1.165) is 5.56 Å². The van der Waals surface area contributed by atoms with E-state index in [0.29, 0.717) is 16.6 Å². The zero-order chi connectivity index (χ0) is 19.2. The third-order valence-corrected chi connectivity index (χ3v) is 4.12. The highest BCUT2D eigenvalue weighted by Gasteiger charge is 2.23. The number of hydrogen-bond acceptors (Lipinski definition) is 5. The minimum Gasteiger partial charge on any atom is -0.364 e. The van der Waals surface area contributed by atoms with Gasteiger partial charge in [0.2, 0.25) is 5.43 Å². The molecule has 3 aromatic rings. The molecule has 0 bridgehead atoms. The predicted octanol–water partition coefficient (Wildman–Crippen LogP) is 0.635. The molecule has 0 aliphatic carbocycles. The molecule has 2 aromatic heterocycles. The quantitative estimate of drug-likeness (QED) is 0.714. The maximum Gasteiger partial charge on any atom is 0.280 e. The van der Waals surface area contributed by atoms with Crippen LogP contribution in [0.3, 0.4) is 0 Å². The molecule has 9 nitrogen and oxygen atoms in total. The van der Waals surface area contributed by atoms with Crippen molar-refractivity contribution in [2.45, 2.75) is 13.8 Å². The molecule has 134 valence electrons. The van der Waals surface area contributed by atoms with Gasteiger partial charge in [0.05, 0.1) is 22.3 Å². The largest absolute Gasteiger partial charge is 0.364 e. The molecule has 3 rings (SSSR count). The number of rotatable bonds is 3. The van der Waals surface area contributed by atoms with Gasteiger partial charge < -0.3 is 11.1 Å². The highest BCUT2D eigenvalue weighted by atomic mass is 16.2. The number of nitrogens with one attached hydrogen (secondary N) is 1. The number of hydrogen-bond donors (Lipinski definition) is 2. The van der Waals surface area contributed by atoms with Crippen LogP contribution in [0.5, 0.6) is 0 Å². The molecule has 0 spiro atoms. The summed E-state index contributed by atoms with van der Waals surface area (Å²) in [6.07, 6.45) is 0. The summed E-state index contributed by atoms with van der Waals surface area (Å²) >= 11 is 0. The summed E-state index contributed by atoms with van der Waals surface area (Å²) in [5, 5.41) is 11.1. The number of amides is 2. The summed E-state index contributed by atoms with van der Waals surface area (Å²) in [7, 11) is 3.19. The second-order valence-corrected chi connectivity index (χ2v) is 6.07. The molecule has 3 N–H and O–H groups in total. The second-order valence-electron chi connectivity index (χ2n) is 6.07. The van der Waals surface area contributed by atoms with Crippen molar-refractivity contribution in [2.75, 3.05) is 5.32 Å². The normalized spacial score (nSPS) is 10.9. The number of fused-ring (bicyclic) bond motifs is 1. The van der Waals surface area contributed by atoms with E-state index in [1.165, 1.54) is 9.36 Å². The molecule has 9 heteroatoms. The van der Waals surface area contributed by atoms with Gasteiger partial charge in [0.15, 0.2) is 5.69 Å². The van der Waals surface area contributed by atoms with Crippen molar-refractivity contribution >= 4 is 28.4 Å². The maximum absolute atomic E-state index is 12.7. The highest BCUT2D eigenvalue weighted by Crippen LogP contribution is 2.20. The summed E-state index contributed by atoms with van der Waals surface area (Å²) in [6, 6.07) is 5.35. The third-order valence-electron chi connectivity index (χ3n) is 4.12. The van der Waals surface area contributed by atoms with Gasteiger partial charge in [0, 0.05) is 14.1 Å². The molecular formula is C17H18N6O3. The number of anilines is 1. The number of carbonyl (C=O) groups excluding carboxylic acids is 2. The topological polar surface area (TPSA) is 125 Å². The summed E-state index contributed by atoms with van der Waals surface area (Å²) in [4.78, 5) is 37.0. The van der Waals surface area contributed by atoms with Gasteiger partial charge in [0.1, 0.15) is 5.69 Å². The average Bonchev–Trinajstić information content (AvgIpc) is 2.84. The Labute approximate surface area is 148 Å². The Hall–Kier alpha value is -3.49. The van der Waals surface area contributed by atoms with Crippen LogP contribution >= 0.6 is 0 Å². The van der Waals surface area contributed by atoms with Crippen LogP contribution in [0.25, 0.3) is 10.9 Å². The van der Waals surface area contributed by atoms with Crippen molar-refractivity contribution < 1.29 is 9.59 Å². The Morgan fingerprint density at radius 3 is 2.46 bits per heavy atom. The Morgan fingerprint density at radius 2 is 1.81 bits per heavy atom. The molecule has 0 fully saturated rings. The maximum atomic E-state index is 12.7. The predicted molar refractivity (Wildman–Crippen MR) is 96.1 cm³/mol. The highest BCUT2D eigenvalue weighted by molar-refractivity contribution is 6.08. The zero-order valence-corrected chi connectivity index (χ0v) is 14.8. The first-order chi connectivity index (χ1) is 12.2. The molecule has 0 saturated heterocycles. The summed E-state index contributed by atoms with van der Waals surface area (Å²) in [6.45, 7) is 3.48. The van der Waals surface area contributed by atoms with Crippen molar-refractivity contribution in [3.8, 4) is 0 Å². The summed E-state index contributed by atoms with van der Waals surface area (Å²) < 4.78 is 2.75. The van der Waals surface area contributed by atoms with E-state index in [-0.39, 0.29) is 17.1 Å². The molecule has 1 aromatic carbocycles. The minimum atomic E-state index is -0.738. The molecule has 2 heterocycles. The second kappa shape index (κ2) is 6.10. The van der Waals surface area contributed by atoms with Crippen LogP contribution in [0.1, 0.15) is 32.2 Å². The molecule has 0 aliphatic rings. The van der Waals surface area contributed by atoms with E-state index in [1.54, 1.807) is 33.2 Å². The van der Waals surface area contributed by atoms with Crippen LogP contribution in [-0.2, 0) is 14.1 Å². The van der Waals surface area contributed by atoms with Gasteiger partial charge in [0.25, 0.3) is 11.8 Å². The Morgan fingerprint density at radius 1 is 1.12 bits per heavy atom. The lowest BCUT2D eigenvalue weighted by atomic mass is 10.1. The van der Waals surface area contributed by atoms with E-state index in [1.807, 2.05) is 13.0 Å². The van der Waals surface area contributed by atoms with E-state index >= 15 is 0 Å². The molecule has 0 aliphatic heterocycles. The number of primary amides is 1. The van der Waals surface area contributed by atoms with E-state index in [2.05, 4.69) is 15.5 Å². The van der Waals surface area contributed by atoms with Crippen molar-refractivity contribution in [2.24, 2.45) is 19.8 Å². The number of nitrogens with zero attached hydrogens (tertiary/aromatic N) is 4.